The molecular formula is C16H22FN3. The molecule has 2 saturated carbocycles. The minimum absolute atomic E-state index is 0.174. The van der Waals surface area contributed by atoms with E-state index in [1.54, 1.807) is 19.2 Å². The number of hydrogen-bond donors (Lipinski definition) is 2. The Balaban J connectivity index is 1.49. The van der Waals surface area contributed by atoms with E-state index in [9.17, 15) is 4.39 Å². The highest BCUT2D eigenvalue weighted by molar-refractivity contribution is 5.79. The first-order valence-corrected chi connectivity index (χ1v) is 7.41. The lowest BCUT2D eigenvalue weighted by atomic mass is 10.0. The van der Waals surface area contributed by atoms with Gasteiger partial charge in [-0.25, -0.2) is 4.39 Å². The van der Waals surface area contributed by atoms with Crippen molar-refractivity contribution in [2.24, 2.45) is 16.3 Å². The summed E-state index contributed by atoms with van der Waals surface area (Å²) in [5.41, 5.74) is 1.20. The fourth-order valence-electron chi connectivity index (χ4n) is 2.89. The van der Waals surface area contributed by atoms with Crippen LogP contribution in [0.3, 0.4) is 0 Å². The predicted molar refractivity (Wildman–Crippen MR) is 79.0 cm³/mol. The second-order valence-electron chi connectivity index (χ2n) is 6.01. The van der Waals surface area contributed by atoms with Gasteiger partial charge in [-0.1, -0.05) is 18.2 Å². The van der Waals surface area contributed by atoms with Crippen LogP contribution in [-0.2, 0) is 6.54 Å². The summed E-state index contributed by atoms with van der Waals surface area (Å²) >= 11 is 0. The molecule has 0 saturated heterocycles. The largest absolute Gasteiger partial charge is 0.356 e. The van der Waals surface area contributed by atoms with Crippen molar-refractivity contribution >= 4 is 5.96 Å². The minimum Gasteiger partial charge on any atom is -0.356 e. The van der Waals surface area contributed by atoms with Gasteiger partial charge in [0.15, 0.2) is 5.96 Å². The number of guanidine groups is 1. The van der Waals surface area contributed by atoms with Crippen molar-refractivity contribution in [3.63, 3.8) is 0 Å². The second-order valence-corrected chi connectivity index (χ2v) is 6.01. The van der Waals surface area contributed by atoms with Crippen LogP contribution < -0.4 is 10.6 Å². The highest BCUT2D eigenvalue weighted by Crippen LogP contribution is 2.60. The molecule has 0 atom stereocenters. The molecule has 2 fully saturated rings. The second kappa shape index (κ2) is 5.43. The van der Waals surface area contributed by atoms with Crippen LogP contribution in [0.1, 0.15) is 31.2 Å². The smallest absolute Gasteiger partial charge is 0.191 e. The molecule has 3 rings (SSSR count). The molecule has 2 aliphatic rings. The number of benzene rings is 1. The quantitative estimate of drug-likeness (QED) is 0.640. The molecule has 0 aromatic heterocycles. The van der Waals surface area contributed by atoms with Gasteiger partial charge in [-0.2, -0.15) is 0 Å². The molecule has 0 spiro atoms. The molecule has 4 heteroatoms. The lowest BCUT2D eigenvalue weighted by Gasteiger charge is -2.18. The average molecular weight is 275 g/mol. The third-order valence-electron chi connectivity index (χ3n) is 4.57. The van der Waals surface area contributed by atoms with Gasteiger partial charge in [0.1, 0.15) is 5.82 Å². The molecule has 20 heavy (non-hydrogen) atoms. The van der Waals surface area contributed by atoms with Crippen LogP contribution in [0, 0.1) is 17.2 Å². The highest BCUT2D eigenvalue weighted by atomic mass is 19.1. The molecular weight excluding hydrogens is 253 g/mol. The summed E-state index contributed by atoms with van der Waals surface area (Å²) in [6.07, 6.45) is 5.47. The lowest BCUT2D eigenvalue weighted by molar-refractivity contribution is 0.431. The number of nitrogens with zero attached hydrogens (tertiary/aromatic N) is 1. The van der Waals surface area contributed by atoms with Crippen LogP contribution in [0.2, 0.25) is 0 Å². The topological polar surface area (TPSA) is 36.4 Å². The molecule has 3 nitrogen and oxygen atoms in total. The van der Waals surface area contributed by atoms with Crippen molar-refractivity contribution in [2.75, 3.05) is 13.6 Å². The van der Waals surface area contributed by atoms with Gasteiger partial charge in [-0.3, -0.25) is 4.99 Å². The summed E-state index contributed by atoms with van der Waals surface area (Å²) in [6.45, 7) is 1.46. The van der Waals surface area contributed by atoms with Crippen LogP contribution in [0.25, 0.3) is 0 Å². The highest BCUT2D eigenvalue weighted by Gasteiger charge is 2.53. The summed E-state index contributed by atoms with van der Waals surface area (Å²) in [5.74, 6) is 1.52. The Hall–Kier alpha value is -1.58. The van der Waals surface area contributed by atoms with Crippen LogP contribution in [0.4, 0.5) is 4.39 Å². The van der Waals surface area contributed by atoms with Crippen LogP contribution in [0.5, 0.6) is 0 Å². The molecule has 108 valence electrons. The number of halogens is 1. The Bertz CT molecular complexity index is 504. The van der Waals surface area contributed by atoms with E-state index in [0.29, 0.717) is 17.5 Å². The zero-order chi connectivity index (χ0) is 14.0. The number of aliphatic imine (C=N–C) groups is 1. The Labute approximate surface area is 119 Å². The van der Waals surface area contributed by atoms with Crippen molar-refractivity contribution in [1.29, 1.82) is 0 Å². The molecule has 0 heterocycles. The molecule has 2 aliphatic carbocycles. The third kappa shape index (κ3) is 2.94. The van der Waals surface area contributed by atoms with Crippen molar-refractivity contribution in [3.8, 4) is 0 Å². The van der Waals surface area contributed by atoms with Gasteiger partial charge >= 0.3 is 0 Å². The Morgan fingerprint density at radius 1 is 1.30 bits per heavy atom. The summed E-state index contributed by atoms with van der Waals surface area (Å²) < 4.78 is 13.5. The Kier molecular flexibility index (Phi) is 3.64. The van der Waals surface area contributed by atoms with Gasteiger partial charge < -0.3 is 10.6 Å². The van der Waals surface area contributed by atoms with E-state index in [-0.39, 0.29) is 5.82 Å². The van der Waals surface area contributed by atoms with Crippen molar-refractivity contribution in [3.05, 3.63) is 35.6 Å². The van der Waals surface area contributed by atoms with Crippen molar-refractivity contribution in [2.45, 2.75) is 32.2 Å². The van der Waals surface area contributed by atoms with E-state index in [1.165, 1.54) is 31.7 Å². The van der Waals surface area contributed by atoms with Crippen LogP contribution >= 0.6 is 0 Å². The first kappa shape index (κ1) is 13.4. The van der Waals surface area contributed by atoms with Crippen LogP contribution in [-0.4, -0.2) is 19.6 Å². The van der Waals surface area contributed by atoms with Gasteiger partial charge in [0, 0.05) is 25.7 Å². The van der Waals surface area contributed by atoms with E-state index in [2.05, 4.69) is 15.6 Å². The first-order valence-electron chi connectivity index (χ1n) is 7.41. The summed E-state index contributed by atoms with van der Waals surface area (Å²) in [5, 5.41) is 6.58. The minimum atomic E-state index is -0.174. The van der Waals surface area contributed by atoms with Gasteiger partial charge in [-0.05, 0) is 43.1 Å². The monoisotopic (exact) mass is 275 g/mol. The van der Waals surface area contributed by atoms with E-state index < -0.39 is 0 Å². The van der Waals surface area contributed by atoms with Crippen molar-refractivity contribution < 1.29 is 4.39 Å². The fourth-order valence-corrected chi connectivity index (χ4v) is 2.89. The lowest BCUT2D eigenvalue weighted by Crippen LogP contribution is -2.40. The summed E-state index contributed by atoms with van der Waals surface area (Å²) in [4.78, 5) is 4.22. The van der Waals surface area contributed by atoms with E-state index in [1.807, 2.05) is 6.07 Å². The average Bonchev–Trinajstić information content (AvgIpc) is 3.33. The third-order valence-corrected chi connectivity index (χ3v) is 4.57. The maximum atomic E-state index is 13.5. The van der Waals surface area contributed by atoms with E-state index >= 15 is 0 Å². The van der Waals surface area contributed by atoms with Gasteiger partial charge in [0.25, 0.3) is 0 Å². The number of rotatable bonds is 5. The Morgan fingerprint density at radius 3 is 2.65 bits per heavy atom. The maximum absolute atomic E-state index is 13.5. The zero-order valence-electron chi connectivity index (χ0n) is 12.0. The first-order chi connectivity index (χ1) is 9.73. The molecule has 0 amide bonds. The normalized spacial score (nSPS) is 20.6. The Morgan fingerprint density at radius 2 is 2.05 bits per heavy atom. The number of hydrogen-bond acceptors (Lipinski definition) is 1. The molecule has 2 N–H and O–H groups in total. The van der Waals surface area contributed by atoms with E-state index in [0.717, 1.165) is 18.4 Å². The van der Waals surface area contributed by atoms with E-state index in [4.69, 9.17) is 0 Å². The van der Waals surface area contributed by atoms with Crippen molar-refractivity contribution in [1.82, 2.24) is 10.6 Å². The standard InChI is InChI=1S/C16H22FN3/c1-18-15(19-10-12-4-2-3-5-14(12)17)20-11-16(8-9-16)13-6-7-13/h2-5,13H,6-11H2,1H3,(H2,18,19,20). The fraction of sp³-hybridized carbons (Fsp3) is 0.562. The van der Waals surface area contributed by atoms with Crippen LogP contribution in [0.15, 0.2) is 29.3 Å². The molecule has 1 aromatic rings. The van der Waals surface area contributed by atoms with Gasteiger partial charge in [0.05, 0.1) is 0 Å². The SMILES string of the molecule is CN=C(NCc1ccccc1F)NCC1(C2CC2)CC1. The molecule has 0 bridgehead atoms. The molecule has 0 unspecified atom stereocenters. The summed E-state index contributed by atoms with van der Waals surface area (Å²) in [6, 6.07) is 6.84. The number of nitrogens with one attached hydrogen (secondary N) is 2. The maximum Gasteiger partial charge on any atom is 0.191 e. The van der Waals surface area contributed by atoms with Gasteiger partial charge in [0.2, 0.25) is 0 Å². The molecule has 0 radical (unpaired) electrons. The summed E-state index contributed by atoms with van der Waals surface area (Å²) in [7, 11) is 1.76. The predicted octanol–water partition coefficient (Wildman–Crippen LogP) is 2.68. The molecule has 0 aliphatic heterocycles. The van der Waals surface area contributed by atoms with Gasteiger partial charge in [-0.15, -0.1) is 0 Å². The zero-order valence-corrected chi connectivity index (χ0v) is 12.0. The molecule has 1 aromatic carbocycles.